The van der Waals surface area contributed by atoms with E-state index in [1.807, 2.05) is 0 Å². The summed E-state index contributed by atoms with van der Waals surface area (Å²) >= 11 is 0. The Morgan fingerprint density at radius 1 is 1.45 bits per heavy atom. The monoisotopic (exact) mass is 273 g/mol. The van der Waals surface area contributed by atoms with Gasteiger partial charge in [-0.1, -0.05) is 0 Å². The van der Waals surface area contributed by atoms with Crippen molar-refractivity contribution in [2.75, 3.05) is 6.61 Å². The molecule has 1 aliphatic heterocycles. The number of H-pyrrole nitrogens is 1. The standard InChI is InChI=1S/C14H15N3O3/c18-13-3-1-2-10(17-13)7-20-14(19)9-4-5-11-12(6-9)16-8-15-11/h4-6,8,10H,1-3,7H2,(H,15,16)(H,17,18). The van der Waals surface area contributed by atoms with Crippen LogP contribution in [-0.4, -0.2) is 34.5 Å². The number of benzene rings is 1. The summed E-state index contributed by atoms with van der Waals surface area (Å²) in [6.07, 6.45) is 3.82. The zero-order valence-electron chi connectivity index (χ0n) is 10.9. The molecule has 0 saturated carbocycles. The molecule has 0 aliphatic carbocycles. The largest absolute Gasteiger partial charge is 0.460 e. The lowest BCUT2D eigenvalue weighted by Gasteiger charge is -2.22. The average molecular weight is 273 g/mol. The van der Waals surface area contributed by atoms with Crippen molar-refractivity contribution in [3.8, 4) is 0 Å². The van der Waals surface area contributed by atoms with E-state index in [1.165, 1.54) is 0 Å². The van der Waals surface area contributed by atoms with E-state index in [-0.39, 0.29) is 24.5 Å². The maximum absolute atomic E-state index is 12.0. The van der Waals surface area contributed by atoms with Crippen LogP contribution in [0.1, 0.15) is 29.6 Å². The van der Waals surface area contributed by atoms with Crippen LogP contribution in [0, 0.1) is 0 Å². The van der Waals surface area contributed by atoms with Crippen LogP contribution in [0.2, 0.25) is 0 Å². The summed E-state index contributed by atoms with van der Waals surface area (Å²) in [4.78, 5) is 30.2. The fraction of sp³-hybridized carbons (Fsp3) is 0.357. The molecule has 104 valence electrons. The van der Waals surface area contributed by atoms with Crippen LogP contribution in [0.15, 0.2) is 24.5 Å². The van der Waals surface area contributed by atoms with Crippen molar-refractivity contribution in [3.63, 3.8) is 0 Å². The molecular weight excluding hydrogens is 258 g/mol. The van der Waals surface area contributed by atoms with Gasteiger partial charge in [-0.3, -0.25) is 4.79 Å². The van der Waals surface area contributed by atoms with E-state index in [1.54, 1.807) is 24.5 Å². The molecule has 1 fully saturated rings. The van der Waals surface area contributed by atoms with Crippen molar-refractivity contribution >= 4 is 22.9 Å². The maximum atomic E-state index is 12.0. The highest BCUT2D eigenvalue weighted by atomic mass is 16.5. The van der Waals surface area contributed by atoms with Gasteiger partial charge in [0.05, 0.1) is 29.0 Å². The lowest BCUT2D eigenvalue weighted by Crippen LogP contribution is -2.42. The molecule has 1 aromatic heterocycles. The first-order valence-corrected chi connectivity index (χ1v) is 6.62. The second-order valence-electron chi connectivity index (χ2n) is 4.89. The molecule has 1 aliphatic rings. The zero-order chi connectivity index (χ0) is 13.9. The number of fused-ring (bicyclic) bond motifs is 1. The number of nitrogens with zero attached hydrogens (tertiary/aromatic N) is 1. The molecule has 2 heterocycles. The predicted octanol–water partition coefficient (Wildman–Crippen LogP) is 1.39. The number of nitrogens with one attached hydrogen (secondary N) is 2. The zero-order valence-corrected chi connectivity index (χ0v) is 10.9. The van der Waals surface area contributed by atoms with Gasteiger partial charge >= 0.3 is 5.97 Å². The lowest BCUT2D eigenvalue weighted by atomic mass is 10.1. The fourth-order valence-electron chi connectivity index (χ4n) is 2.33. The number of aromatic amines is 1. The minimum Gasteiger partial charge on any atom is -0.460 e. The van der Waals surface area contributed by atoms with Crippen LogP contribution in [0.25, 0.3) is 11.0 Å². The number of imidazole rings is 1. The molecule has 0 bridgehead atoms. The maximum Gasteiger partial charge on any atom is 0.338 e. The number of amides is 1. The Morgan fingerprint density at radius 2 is 2.35 bits per heavy atom. The Morgan fingerprint density at radius 3 is 3.20 bits per heavy atom. The van der Waals surface area contributed by atoms with Gasteiger partial charge in [-0.05, 0) is 31.0 Å². The lowest BCUT2D eigenvalue weighted by molar-refractivity contribution is -0.123. The van der Waals surface area contributed by atoms with Crippen molar-refractivity contribution in [2.45, 2.75) is 25.3 Å². The van der Waals surface area contributed by atoms with Gasteiger partial charge in [0.15, 0.2) is 0 Å². The fourth-order valence-corrected chi connectivity index (χ4v) is 2.33. The SMILES string of the molecule is O=C1CCCC(COC(=O)c2ccc3nc[nH]c3c2)N1. The summed E-state index contributed by atoms with van der Waals surface area (Å²) in [6, 6.07) is 5.09. The van der Waals surface area contributed by atoms with Gasteiger partial charge in [0.2, 0.25) is 5.91 Å². The molecule has 20 heavy (non-hydrogen) atoms. The number of carbonyl (C=O) groups excluding carboxylic acids is 2. The topological polar surface area (TPSA) is 84.1 Å². The molecule has 1 unspecified atom stereocenters. The normalized spacial score (nSPS) is 18.8. The van der Waals surface area contributed by atoms with Crippen molar-refractivity contribution in [3.05, 3.63) is 30.1 Å². The third-order valence-corrected chi connectivity index (χ3v) is 3.39. The predicted molar refractivity (Wildman–Crippen MR) is 72.2 cm³/mol. The molecule has 3 rings (SSSR count). The van der Waals surface area contributed by atoms with E-state index in [0.29, 0.717) is 12.0 Å². The van der Waals surface area contributed by atoms with Crippen molar-refractivity contribution in [2.24, 2.45) is 0 Å². The number of rotatable bonds is 3. The molecule has 1 aromatic carbocycles. The van der Waals surface area contributed by atoms with E-state index in [9.17, 15) is 9.59 Å². The van der Waals surface area contributed by atoms with Crippen LogP contribution in [-0.2, 0) is 9.53 Å². The molecule has 1 atom stereocenters. The van der Waals surface area contributed by atoms with Crippen molar-refractivity contribution < 1.29 is 14.3 Å². The Hall–Kier alpha value is -2.37. The molecule has 0 radical (unpaired) electrons. The first-order valence-electron chi connectivity index (χ1n) is 6.62. The number of ether oxygens (including phenoxy) is 1. The van der Waals surface area contributed by atoms with Crippen LogP contribution in [0.5, 0.6) is 0 Å². The molecule has 6 nitrogen and oxygen atoms in total. The van der Waals surface area contributed by atoms with E-state index in [2.05, 4.69) is 15.3 Å². The summed E-state index contributed by atoms with van der Waals surface area (Å²) in [7, 11) is 0. The summed E-state index contributed by atoms with van der Waals surface area (Å²) in [6.45, 7) is 0.214. The summed E-state index contributed by atoms with van der Waals surface area (Å²) in [5.74, 6) is -0.363. The Labute approximate surface area is 115 Å². The number of hydrogen-bond donors (Lipinski definition) is 2. The molecule has 1 amide bonds. The number of aromatic nitrogens is 2. The minimum absolute atomic E-state index is 0.0242. The second-order valence-corrected chi connectivity index (χ2v) is 4.89. The van der Waals surface area contributed by atoms with Gasteiger partial charge in [0, 0.05) is 6.42 Å². The van der Waals surface area contributed by atoms with Crippen molar-refractivity contribution in [1.82, 2.24) is 15.3 Å². The number of piperidine rings is 1. The molecule has 2 N–H and O–H groups in total. The van der Waals surface area contributed by atoms with Gasteiger partial charge in [-0.25, -0.2) is 9.78 Å². The smallest absolute Gasteiger partial charge is 0.338 e. The third-order valence-electron chi connectivity index (χ3n) is 3.39. The van der Waals surface area contributed by atoms with Crippen molar-refractivity contribution in [1.29, 1.82) is 0 Å². The number of carbonyl (C=O) groups is 2. The van der Waals surface area contributed by atoms with Crippen LogP contribution >= 0.6 is 0 Å². The highest BCUT2D eigenvalue weighted by Crippen LogP contribution is 2.13. The average Bonchev–Trinajstić information content (AvgIpc) is 2.92. The Bertz CT molecular complexity index is 650. The van der Waals surface area contributed by atoms with E-state index in [0.717, 1.165) is 23.9 Å². The highest BCUT2D eigenvalue weighted by molar-refractivity contribution is 5.93. The minimum atomic E-state index is -0.388. The van der Waals surface area contributed by atoms with Gasteiger partial charge in [0.1, 0.15) is 6.61 Å². The first kappa shape index (κ1) is 12.7. The third kappa shape index (κ3) is 2.64. The Kier molecular flexibility index (Phi) is 3.37. The van der Waals surface area contributed by atoms with Gasteiger partial charge < -0.3 is 15.0 Å². The molecule has 6 heteroatoms. The highest BCUT2D eigenvalue weighted by Gasteiger charge is 2.20. The molecule has 0 spiro atoms. The van der Waals surface area contributed by atoms with Gasteiger partial charge in [0.25, 0.3) is 0 Å². The number of esters is 1. The van der Waals surface area contributed by atoms with E-state index in [4.69, 9.17) is 4.74 Å². The van der Waals surface area contributed by atoms with E-state index < -0.39 is 0 Å². The summed E-state index contributed by atoms with van der Waals surface area (Å²) in [5.41, 5.74) is 2.08. The van der Waals surface area contributed by atoms with Crippen LogP contribution in [0.3, 0.4) is 0 Å². The van der Waals surface area contributed by atoms with Gasteiger partial charge in [-0.15, -0.1) is 0 Å². The van der Waals surface area contributed by atoms with Gasteiger partial charge in [-0.2, -0.15) is 0 Å². The summed E-state index contributed by atoms with van der Waals surface area (Å²) < 4.78 is 5.25. The number of hydrogen-bond acceptors (Lipinski definition) is 4. The van der Waals surface area contributed by atoms with Crippen LogP contribution in [0.4, 0.5) is 0 Å². The van der Waals surface area contributed by atoms with E-state index >= 15 is 0 Å². The second kappa shape index (κ2) is 5.32. The molecular formula is C14H15N3O3. The molecule has 1 saturated heterocycles. The van der Waals surface area contributed by atoms with Crippen LogP contribution < -0.4 is 5.32 Å². The Balaban J connectivity index is 1.62. The molecule has 2 aromatic rings. The summed E-state index contributed by atoms with van der Waals surface area (Å²) in [5, 5.41) is 2.82. The first-order chi connectivity index (χ1) is 9.72. The quantitative estimate of drug-likeness (QED) is 0.828.